The minimum atomic E-state index is -0.312. The van der Waals surface area contributed by atoms with Crippen LogP contribution in [0.1, 0.15) is 84.6 Å². The smallest absolute Gasteiger partial charge is 0.344 e. The Morgan fingerprint density at radius 1 is 1.03 bits per heavy atom. The lowest BCUT2D eigenvalue weighted by molar-refractivity contribution is -0.145. The van der Waals surface area contributed by atoms with Crippen LogP contribution in [0.15, 0.2) is 18.2 Å². The molecule has 1 aromatic carbocycles. The van der Waals surface area contributed by atoms with Gasteiger partial charge in [0.1, 0.15) is 5.75 Å². The molecule has 0 N–H and O–H groups in total. The molecule has 5 heteroatoms. The molecule has 33 heavy (non-hydrogen) atoms. The SMILES string of the molecule is CCCCN1CCN(c2cc(OCC(=O)OCC)ccc2C2CCC(C(C)(C)C)CC2)CC1. The molecule has 2 fully saturated rings. The summed E-state index contributed by atoms with van der Waals surface area (Å²) >= 11 is 0. The lowest BCUT2D eigenvalue weighted by Crippen LogP contribution is -2.47. The van der Waals surface area contributed by atoms with E-state index in [2.05, 4.69) is 49.6 Å². The summed E-state index contributed by atoms with van der Waals surface area (Å²) in [7, 11) is 0. The van der Waals surface area contributed by atoms with E-state index in [0.29, 0.717) is 17.9 Å². The highest BCUT2D eigenvalue weighted by atomic mass is 16.6. The van der Waals surface area contributed by atoms with E-state index in [-0.39, 0.29) is 12.6 Å². The summed E-state index contributed by atoms with van der Waals surface area (Å²) < 4.78 is 10.8. The second-order valence-corrected chi connectivity index (χ2v) is 10.9. The molecule has 1 aromatic rings. The second-order valence-electron chi connectivity index (χ2n) is 10.9. The lowest BCUT2D eigenvalue weighted by atomic mass is 9.68. The van der Waals surface area contributed by atoms with Crippen molar-refractivity contribution < 1.29 is 14.3 Å². The normalized spacial score (nSPS) is 22.3. The maximum Gasteiger partial charge on any atom is 0.344 e. The number of carbonyl (C=O) groups is 1. The number of benzene rings is 1. The number of carbonyl (C=O) groups excluding carboxylic acids is 1. The van der Waals surface area contributed by atoms with Crippen molar-refractivity contribution >= 4 is 11.7 Å². The van der Waals surface area contributed by atoms with Crippen molar-refractivity contribution in [3.8, 4) is 5.75 Å². The second kappa shape index (κ2) is 12.1. The molecule has 1 aliphatic carbocycles. The van der Waals surface area contributed by atoms with E-state index >= 15 is 0 Å². The number of nitrogens with zero attached hydrogens (tertiary/aromatic N) is 2. The molecule has 1 saturated heterocycles. The third kappa shape index (κ3) is 7.37. The van der Waals surface area contributed by atoms with Crippen molar-refractivity contribution in [2.45, 2.75) is 79.1 Å². The Labute approximate surface area is 201 Å². The molecule has 0 aromatic heterocycles. The van der Waals surface area contributed by atoms with Gasteiger partial charge >= 0.3 is 5.97 Å². The standard InChI is InChI=1S/C28H46N2O3/c1-6-8-15-29-16-18-30(19-17-29)26-20-24(33-21-27(31)32-7-2)13-14-25(26)22-9-11-23(12-10-22)28(3,4)5/h13-14,20,22-23H,6-12,15-19,21H2,1-5H3. The van der Waals surface area contributed by atoms with Crippen molar-refractivity contribution in [2.75, 3.05) is 50.8 Å². The number of piperazine rings is 1. The van der Waals surface area contributed by atoms with Gasteiger partial charge in [-0.1, -0.05) is 40.2 Å². The highest BCUT2D eigenvalue weighted by Crippen LogP contribution is 2.45. The van der Waals surface area contributed by atoms with Crippen LogP contribution in [0.2, 0.25) is 0 Å². The zero-order valence-electron chi connectivity index (χ0n) is 21.7. The van der Waals surface area contributed by atoms with Crippen LogP contribution in [0.25, 0.3) is 0 Å². The number of ether oxygens (including phenoxy) is 2. The van der Waals surface area contributed by atoms with E-state index in [1.54, 1.807) is 0 Å². The van der Waals surface area contributed by atoms with Crippen LogP contribution in [-0.4, -0.2) is 56.8 Å². The first-order chi connectivity index (χ1) is 15.8. The fraction of sp³-hybridized carbons (Fsp3) is 0.750. The molecule has 5 nitrogen and oxygen atoms in total. The molecule has 3 rings (SSSR count). The van der Waals surface area contributed by atoms with Crippen molar-refractivity contribution in [1.29, 1.82) is 0 Å². The molecule has 1 saturated carbocycles. The average molecular weight is 459 g/mol. The molecular formula is C28H46N2O3. The van der Waals surface area contributed by atoms with Gasteiger partial charge in [0.2, 0.25) is 0 Å². The Hall–Kier alpha value is -1.75. The Balaban J connectivity index is 1.74. The Bertz CT molecular complexity index is 742. The Kier molecular flexibility index (Phi) is 9.48. The summed E-state index contributed by atoms with van der Waals surface area (Å²) in [6.45, 7) is 17.1. The molecule has 1 heterocycles. The Morgan fingerprint density at radius 2 is 1.73 bits per heavy atom. The van der Waals surface area contributed by atoms with E-state index in [1.165, 1.54) is 56.3 Å². The van der Waals surface area contributed by atoms with Crippen molar-refractivity contribution in [3.05, 3.63) is 23.8 Å². The summed E-state index contributed by atoms with van der Waals surface area (Å²) in [4.78, 5) is 16.9. The molecule has 0 unspecified atom stereocenters. The topological polar surface area (TPSA) is 42.0 Å². The predicted molar refractivity (Wildman–Crippen MR) is 136 cm³/mol. The molecule has 186 valence electrons. The van der Waals surface area contributed by atoms with Crippen LogP contribution in [0.5, 0.6) is 5.75 Å². The zero-order chi connectivity index (χ0) is 23.8. The van der Waals surface area contributed by atoms with Crippen LogP contribution < -0.4 is 9.64 Å². The van der Waals surface area contributed by atoms with E-state index in [1.807, 2.05) is 13.0 Å². The predicted octanol–water partition coefficient (Wildman–Crippen LogP) is 5.87. The highest BCUT2D eigenvalue weighted by Gasteiger charge is 2.32. The van der Waals surface area contributed by atoms with E-state index in [0.717, 1.165) is 37.8 Å². The first kappa shape index (κ1) is 25.9. The fourth-order valence-corrected chi connectivity index (χ4v) is 5.44. The number of anilines is 1. The molecule has 0 atom stereocenters. The summed E-state index contributed by atoms with van der Waals surface area (Å²) in [5.74, 6) is 1.87. The van der Waals surface area contributed by atoms with E-state index in [4.69, 9.17) is 9.47 Å². The Morgan fingerprint density at radius 3 is 2.33 bits per heavy atom. The third-order valence-electron chi connectivity index (χ3n) is 7.60. The molecule has 2 aliphatic rings. The largest absolute Gasteiger partial charge is 0.482 e. The zero-order valence-corrected chi connectivity index (χ0v) is 21.7. The number of esters is 1. The van der Waals surface area contributed by atoms with Gasteiger partial charge in [-0.25, -0.2) is 4.79 Å². The van der Waals surface area contributed by atoms with Crippen LogP contribution in [0.3, 0.4) is 0 Å². The van der Waals surface area contributed by atoms with Gasteiger partial charge in [0.15, 0.2) is 6.61 Å². The lowest BCUT2D eigenvalue weighted by Gasteiger charge is -2.40. The summed E-state index contributed by atoms with van der Waals surface area (Å²) in [5, 5.41) is 0. The first-order valence-corrected chi connectivity index (χ1v) is 13.2. The maximum absolute atomic E-state index is 11.8. The van der Waals surface area contributed by atoms with Gasteiger partial charge in [-0.05, 0) is 74.5 Å². The van der Waals surface area contributed by atoms with Crippen LogP contribution in [-0.2, 0) is 9.53 Å². The summed E-state index contributed by atoms with van der Waals surface area (Å²) in [6.07, 6.45) is 7.66. The van der Waals surface area contributed by atoms with Gasteiger partial charge in [0.05, 0.1) is 6.61 Å². The van der Waals surface area contributed by atoms with Crippen molar-refractivity contribution in [1.82, 2.24) is 4.90 Å². The van der Waals surface area contributed by atoms with Crippen LogP contribution in [0.4, 0.5) is 5.69 Å². The monoisotopic (exact) mass is 458 g/mol. The van der Waals surface area contributed by atoms with Gasteiger partial charge in [-0.15, -0.1) is 0 Å². The average Bonchev–Trinajstić information content (AvgIpc) is 2.81. The third-order valence-corrected chi connectivity index (χ3v) is 7.60. The first-order valence-electron chi connectivity index (χ1n) is 13.2. The molecule has 0 bridgehead atoms. The summed E-state index contributed by atoms with van der Waals surface area (Å²) in [6, 6.07) is 6.48. The van der Waals surface area contributed by atoms with E-state index < -0.39 is 0 Å². The minimum Gasteiger partial charge on any atom is -0.482 e. The number of hydrogen-bond acceptors (Lipinski definition) is 5. The summed E-state index contributed by atoms with van der Waals surface area (Å²) in [5.41, 5.74) is 3.17. The minimum absolute atomic E-state index is 0.0336. The van der Waals surface area contributed by atoms with Gasteiger partial charge in [0, 0.05) is 37.9 Å². The molecular weight excluding hydrogens is 412 g/mol. The number of rotatable bonds is 9. The molecule has 1 aliphatic heterocycles. The van der Waals surface area contributed by atoms with Gasteiger partial charge in [-0.2, -0.15) is 0 Å². The van der Waals surface area contributed by atoms with Crippen LogP contribution >= 0.6 is 0 Å². The molecule has 0 amide bonds. The highest BCUT2D eigenvalue weighted by molar-refractivity contribution is 5.71. The quantitative estimate of drug-likeness (QED) is 0.433. The van der Waals surface area contributed by atoms with E-state index in [9.17, 15) is 4.79 Å². The van der Waals surface area contributed by atoms with Crippen LogP contribution in [0, 0.1) is 11.3 Å². The van der Waals surface area contributed by atoms with Gasteiger partial charge < -0.3 is 14.4 Å². The molecule has 0 radical (unpaired) electrons. The number of hydrogen-bond donors (Lipinski definition) is 0. The molecule has 0 spiro atoms. The van der Waals surface area contributed by atoms with Crippen molar-refractivity contribution in [2.24, 2.45) is 11.3 Å². The number of unbranched alkanes of at least 4 members (excludes halogenated alkanes) is 1. The van der Waals surface area contributed by atoms with Gasteiger partial charge in [0.25, 0.3) is 0 Å². The van der Waals surface area contributed by atoms with Gasteiger partial charge in [-0.3, -0.25) is 4.90 Å². The fourth-order valence-electron chi connectivity index (χ4n) is 5.44. The maximum atomic E-state index is 11.8. The van der Waals surface area contributed by atoms with Crippen molar-refractivity contribution in [3.63, 3.8) is 0 Å².